The van der Waals surface area contributed by atoms with Crippen molar-refractivity contribution in [3.8, 4) is 0 Å². The third-order valence-electron chi connectivity index (χ3n) is 5.13. The highest BCUT2D eigenvalue weighted by Crippen LogP contribution is 2.21. The maximum absolute atomic E-state index is 12.2. The summed E-state index contributed by atoms with van der Waals surface area (Å²) in [5, 5.41) is 2.08. The number of hydrogen-bond acceptors (Lipinski definition) is 4. The average Bonchev–Trinajstić information content (AvgIpc) is 3.14. The monoisotopic (exact) mass is 666 g/mol. The highest BCUT2D eigenvalue weighted by Gasteiger charge is 2.14. The van der Waals surface area contributed by atoms with Gasteiger partial charge in [0.05, 0.1) is 9.79 Å². The summed E-state index contributed by atoms with van der Waals surface area (Å²) >= 11 is 0. The molecule has 0 radical (unpaired) electrons. The maximum atomic E-state index is 12.2. The van der Waals surface area contributed by atoms with Gasteiger partial charge >= 0.3 is 0 Å². The molecule has 0 unspecified atom stereocenters. The minimum atomic E-state index is -3.53. The molecule has 2 N–H and O–H groups in total. The van der Waals surface area contributed by atoms with Crippen molar-refractivity contribution in [3.63, 3.8) is 0 Å². The van der Waals surface area contributed by atoms with E-state index in [-0.39, 0.29) is 9.79 Å². The van der Waals surface area contributed by atoms with Crippen molar-refractivity contribution in [2.75, 3.05) is 9.44 Å². The third-order valence-corrected chi connectivity index (χ3v) is 7.93. The highest BCUT2D eigenvalue weighted by atomic mass is 32.2. The fourth-order valence-corrected chi connectivity index (χ4v) is 5.54. The smallest absolute Gasteiger partial charge is 0.261 e. The number of anilines is 2. The summed E-state index contributed by atoms with van der Waals surface area (Å²) in [4.78, 5) is 0.520. The molecule has 6 nitrogen and oxygen atoms in total. The van der Waals surface area contributed by atoms with Crippen molar-refractivity contribution in [2.24, 2.45) is 0 Å². The molecule has 0 saturated carbocycles. The molecule has 46 heavy (non-hydrogen) atoms. The number of benzene rings is 5. The Morgan fingerprint density at radius 2 is 0.674 bits per heavy atom. The van der Waals surface area contributed by atoms with Crippen molar-refractivity contribution in [3.05, 3.63) is 133 Å². The first-order valence-corrected chi connectivity index (χ1v) is 19.0. The van der Waals surface area contributed by atoms with E-state index in [1.54, 1.807) is 91.0 Å². The summed E-state index contributed by atoms with van der Waals surface area (Å²) in [7, 11) is -7.00. The van der Waals surface area contributed by atoms with E-state index in [0.717, 1.165) is 10.8 Å². The van der Waals surface area contributed by atoms with Gasteiger partial charge in [-0.1, -0.05) is 154 Å². The summed E-state index contributed by atoms with van der Waals surface area (Å²) in [6, 6.07) is 38.8. The van der Waals surface area contributed by atoms with Gasteiger partial charge in [-0.25, -0.2) is 16.8 Å². The van der Waals surface area contributed by atoms with Gasteiger partial charge < -0.3 is 0 Å². The molecule has 0 aliphatic rings. The van der Waals surface area contributed by atoms with E-state index in [1.165, 1.54) is 0 Å². The van der Waals surface area contributed by atoms with E-state index in [9.17, 15) is 16.8 Å². The van der Waals surface area contributed by atoms with E-state index in [2.05, 4.69) is 9.44 Å². The Morgan fingerprint density at radius 1 is 0.348 bits per heavy atom. The Morgan fingerprint density at radius 3 is 1.09 bits per heavy atom. The molecule has 0 aliphatic heterocycles. The van der Waals surface area contributed by atoms with Crippen LogP contribution in [0.25, 0.3) is 10.8 Å². The summed E-state index contributed by atoms with van der Waals surface area (Å²) in [5.41, 5.74) is 1.12. The van der Waals surface area contributed by atoms with Crippen LogP contribution >= 0.6 is 0 Å². The van der Waals surface area contributed by atoms with Crippen LogP contribution in [0.1, 0.15) is 69.2 Å². The predicted octanol–water partition coefficient (Wildman–Crippen LogP) is 11.3. The lowest BCUT2D eigenvalue weighted by Gasteiger charge is -2.08. The summed E-state index contributed by atoms with van der Waals surface area (Å²) in [6.07, 6.45) is 0. The Hall–Kier alpha value is -4.14. The van der Waals surface area contributed by atoms with Crippen LogP contribution in [0.2, 0.25) is 0 Å². The molecule has 0 amide bonds. The van der Waals surface area contributed by atoms with Gasteiger partial charge in [0, 0.05) is 11.4 Å². The van der Waals surface area contributed by atoms with Gasteiger partial charge in [0.25, 0.3) is 20.0 Å². The SMILES string of the molecule is CC.CC.CC.CC.CC.O=S(=O)(Nc1ccc2ccccc2c1)c1ccccc1.O=S(=O)(Nc1ccccc1)c1ccccc1. The molecule has 0 bridgehead atoms. The van der Waals surface area contributed by atoms with E-state index in [4.69, 9.17) is 0 Å². The average molecular weight is 667 g/mol. The van der Waals surface area contributed by atoms with Crippen molar-refractivity contribution in [1.82, 2.24) is 0 Å². The highest BCUT2D eigenvalue weighted by molar-refractivity contribution is 7.93. The summed E-state index contributed by atoms with van der Waals surface area (Å²) in [6.45, 7) is 20.0. The van der Waals surface area contributed by atoms with Crippen LogP contribution in [-0.2, 0) is 20.0 Å². The minimum absolute atomic E-state index is 0.258. The molecule has 252 valence electrons. The Kier molecular flexibility index (Phi) is 25.0. The molecule has 5 aromatic rings. The molecule has 0 aromatic heterocycles. The van der Waals surface area contributed by atoms with Crippen molar-refractivity contribution >= 4 is 42.2 Å². The van der Waals surface area contributed by atoms with Crippen LogP contribution in [-0.4, -0.2) is 16.8 Å². The lowest BCUT2D eigenvalue weighted by Crippen LogP contribution is -2.12. The van der Waals surface area contributed by atoms with Crippen LogP contribution < -0.4 is 9.44 Å². The topological polar surface area (TPSA) is 92.3 Å². The van der Waals surface area contributed by atoms with Gasteiger partial charge in [-0.05, 0) is 59.3 Å². The van der Waals surface area contributed by atoms with Gasteiger partial charge in [-0.15, -0.1) is 0 Å². The van der Waals surface area contributed by atoms with Gasteiger partial charge in [0.1, 0.15) is 0 Å². The number of sulfonamides is 2. The standard InChI is InChI=1S/C16H13NO2S.C12H11NO2S.5C2H6/c18-20(19,16-8-2-1-3-9-16)17-15-11-10-13-6-4-5-7-14(13)12-15;14-16(15,12-9-5-2-6-10-12)13-11-7-3-1-4-8-11;5*1-2/h1-12,17H;1-10,13H;5*1-2H3. The number of para-hydroxylation sites is 1. The zero-order valence-electron chi connectivity index (χ0n) is 29.2. The second-order valence-electron chi connectivity index (χ2n) is 7.77. The molecular formula is C38H54N2O4S2. The van der Waals surface area contributed by atoms with Crippen molar-refractivity contribution in [1.29, 1.82) is 0 Å². The maximum Gasteiger partial charge on any atom is 0.261 e. The number of hydrogen-bond donors (Lipinski definition) is 2. The molecule has 0 atom stereocenters. The van der Waals surface area contributed by atoms with Crippen LogP contribution in [0.5, 0.6) is 0 Å². The molecule has 5 rings (SSSR count). The minimum Gasteiger partial charge on any atom is -0.280 e. The molecule has 8 heteroatoms. The lowest BCUT2D eigenvalue weighted by atomic mass is 10.1. The fourth-order valence-electron chi connectivity index (χ4n) is 3.39. The van der Waals surface area contributed by atoms with Crippen LogP contribution in [0.3, 0.4) is 0 Å². The summed E-state index contributed by atoms with van der Waals surface area (Å²) < 4.78 is 53.3. The first kappa shape index (κ1) is 44.0. The van der Waals surface area contributed by atoms with Crippen molar-refractivity contribution < 1.29 is 16.8 Å². The van der Waals surface area contributed by atoms with Crippen LogP contribution in [0.4, 0.5) is 11.4 Å². The Labute approximate surface area is 280 Å². The van der Waals surface area contributed by atoms with Crippen molar-refractivity contribution in [2.45, 2.75) is 79.0 Å². The van der Waals surface area contributed by atoms with E-state index >= 15 is 0 Å². The van der Waals surface area contributed by atoms with Crippen LogP contribution in [0.15, 0.2) is 143 Å². The Bertz CT molecular complexity index is 1650. The molecule has 0 aliphatic carbocycles. The van der Waals surface area contributed by atoms with Gasteiger partial charge in [-0.3, -0.25) is 9.44 Å². The lowest BCUT2D eigenvalue weighted by molar-refractivity contribution is 0.599. The first-order valence-electron chi connectivity index (χ1n) is 16.0. The predicted molar refractivity (Wildman–Crippen MR) is 202 cm³/mol. The van der Waals surface area contributed by atoms with Gasteiger partial charge in [-0.2, -0.15) is 0 Å². The summed E-state index contributed by atoms with van der Waals surface area (Å²) in [5.74, 6) is 0. The molecular weight excluding hydrogens is 613 g/mol. The number of fused-ring (bicyclic) bond motifs is 1. The Balaban J connectivity index is 0. The van der Waals surface area contributed by atoms with E-state index < -0.39 is 20.0 Å². The first-order chi connectivity index (χ1) is 22.3. The van der Waals surface area contributed by atoms with Crippen LogP contribution in [0, 0.1) is 0 Å². The second kappa shape index (κ2) is 26.1. The van der Waals surface area contributed by atoms with Gasteiger partial charge in [0.2, 0.25) is 0 Å². The normalized spacial score (nSPS) is 9.43. The third kappa shape index (κ3) is 15.7. The largest absolute Gasteiger partial charge is 0.280 e. The molecule has 0 spiro atoms. The molecule has 0 heterocycles. The quantitative estimate of drug-likeness (QED) is 0.189. The zero-order valence-corrected chi connectivity index (χ0v) is 30.8. The zero-order chi connectivity index (χ0) is 35.4. The molecule has 0 fully saturated rings. The number of nitrogens with one attached hydrogen (secondary N) is 2. The molecule has 5 aromatic carbocycles. The van der Waals surface area contributed by atoms with E-state index in [0.29, 0.717) is 11.4 Å². The van der Waals surface area contributed by atoms with Gasteiger partial charge in [0.15, 0.2) is 0 Å². The second-order valence-corrected chi connectivity index (χ2v) is 11.1. The van der Waals surface area contributed by atoms with E-state index in [1.807, 2.05) is 112 Å². The molecule has 0 saturated heterocycles. The number of rotatable bonds is 6. The fraction of sp³-hybridized carbons (Fsp3) is 0.263.